The molecule has 1 aromatic rings. The molecule has 3 aliphatic heterocycles. The van der Waals surface area contributed by atoms with E-state index in [9.17, 15) is 24.0 Å². The summed E-state index contributed by atoms with van der Waals surface area (Å²) in [5, 5.41) is 2.40. The van der Waals surface area contributed by atoms with Crippen LogP contribution in [0.15, 0.2) is 18.2 Å². The molecule has 1 atom stereocenters. The van der Waals surface area contributed by atoms with Crippen molar-refractivity contribution in [1.82, 2.24) is 20.0 Å². The first kappa shape index (κ1) is 29.7. The van der Waals surface area contributed by atoms with Gasteiger partial charge in [-0.05, 0) is 77.0 Å². The molecule has 0 spiro atoms. The minimum absolute atomic E-state index is 0.0727. The number of rotatable bonds is 6. The van der Waals surface area contributed by atoms with Crippen LogP contribution in [0.1, 0.15) is 86.7 Å². The van der Waals surface area contributed by atoms with Gasteiger partial charge in [0.1, 0.15) is 11.9 Å². The van der Waals surface area contributed by atoms with Crippen LogP contribution in [0.5, 0.6) is 0 Å². The number of hydrogen-bond donors (Lipinski definition) is 1. The third kappa shape index (κ3) is 7.27. The molecule has 218 valence electrons. The Bertz CT molecular complexity index is 1130. The van der Waals surface area contributed by atoms with E-state index in [0.717, 1.165) is 30.3 Å². The van der Waals surface area contributed by atoms with Crippen molar-refractivity contribution >= 4 is 30.1 Å². The Morgan fingerprint density at radius 3 is 2.27 bits per heavy atom. The minimum atomic E-state index is -0.536. The van der Waals surface area contributed by atoms with Gasteiger partial charge in [-0.1, -0.05) is 18.2 Å². The average Bonchev–Trinajstić information content (AvgIpc) is 2.92. The third-order valence-electron chi connectivity index (χ3n) is 8.23. The summed E-state index contributed by atoms with van der Waals surface area (Å²) in [5.74, 6) is -0.170. The van der Waals surface area contributed by atoms with Crippen LogP contribution in [0.4, 0.5) is 4.79 Å². The van der Waals surface area contributed by atoms with E-state index >= 15 is 0 Å². The van der Waals surface area contributed by atoms with E-state index in [2.05, 4.69) is 11.4 Å². The summed E-state index contributed by atoms with van der Waals surface area (Å²) in [5.41, 5.74) is 2.05. The number of carbonyl (C=O) groups excluding carboxylic acids is 5. The van der Waals surface area contributed by atoms with Crippen LogP contribution in [0.25, 0.3) is 0 Å². The Kier molecular flexibility index (Phi) is 9.28. The molecule has 3 aliphatic rings. The smallest absolute Gasteiger partial charge is 0.410 e. The van der Waals surface area contributed by atoms with E-state index in [1.807, 2.05) is 49.8 Å². The van der Waals surface area contributed by atoms with E-state index in [1.54, 1.807) is 4.90 Å². The van der Waals surface area contributed by atoms with Gasteiger partial charge in [-0.2, -0.15) is 0 Å². The van der Waals surface area contributed by atoms with Crippen LogP contribution in [0.2, 0.25) is 0 Å². The van der Waals surface area contributed by atoms with Crippen LogP contribution < -0.4 is 5.32 Å². The van der Waals surface area contributed by atoms with E-state index in [1.165, 1.54) is 0 Å². The normalized spacial score (nSPS) is 21.4. The Hall–Kier alpha value is -3.27. The molecule has 1 unspecified atom stereocenters. The Balaban J connectivity index is 1.31. The predicted molar refractivity (Wildman–Crippen MR) is 149 cm³/mol. The van der Waals surface area contributed by atoms with Gasteiger partial charge in [-0.15, -0.1) is 0 Å². The van der Waals surface area contributed by atoms with E-state index < -0.39 is 11.6 Å². The zero-order valence-electron chi connectivity index (χ0n) is 24.1. The first-order valence-electron chi connectivity index (χ1n) is 14.3. The maximum atomic E-state index is 13.3. The number of benzene rings is 1. The quantitative estimate of drug-likeness (QED) is 0.424. The molecule has 3 fully saturated rings. The minimum Gasteiger partial charge on any atom is -0.444 e. The molecule has 4 amide bonds. The molecule has 10 nitrogen and oxygen atoms in total. The van der Waals surface area contributed by atoms with Crippen molar-refractivity contribution in [2.24, 2.45) is 5.92 Å². The second-order valence-corrected chi connectivity index (χ2v) is 12.3. The molecule has 4 rings (SSSR count). The van der Waals surface area contributed by atoms with Crippen molar-refractivity contribution < 1.29 is 28.7 Å². The summed E-state index contributed by atoms with van der Waals surface area (Å²) in [6.07, 6.45) is 4.27. The van der Waals surface area contributed by atoms with Gasteiger partial charge in [0.15, 0.2) is 0 Å². The van der Waals surface area contributed by atoms with Crippen LogP contribution in [-0.2, 0) is 25.7 Å². The molecule has 40 heavy (non-hydrogen) atoms. The second kappa shape index (κ2) is 12.5. The molecule has 1 N–H and O–H groups in total. The Morgan fingerprint density at radius 1 is 1.02 bits per heavy atom. The van der Waals surface area contributed by atoms with Crippen LogP contribution in [0, 0.1) is 5.92 Å². The molecule has 0 saturated carbocycles. The standard InChI is InChI=1S/C30H42N4O6/c1-30(2,3)40-29(39)34-15-11-21(12-16-34)28(38)33-13-9-20(10-14-33)22-5-6-23(19-35)24(17-22)18-32(4)25-7-8-26(36)31-27(25)37/h5-6,17,19-21,25H,7-16,18H2,1-4H3,(H,31,36,37). The highest BCUT2D eigenvalue weighted by Crippen LogP contribution is 2.32. The number of ether oxygens (including phenoxy) is 1. The maximum absolute atomic E-state index is 13.3. The molecule has 0 bridgehead atoms. The number of nitrogens with one attached hydrogen (secondary N) is 1. The van der Waals surface area contributed by atoms with Crippen molar-refractivity contribution in [2.75, 3.05) is 33.2 Å². The van der Waals surface area contributed by atoms with Gasteiger partial charge in [0, 0.05) is 50.6 Å². The average molecular weight is 555 g/mol. The van der Waals surface area contributed by atoms with Crippen LogP contribution >= 0.6 is 0 Å². The lowest BCUT2D eigenvalue weighted by molar-refractivity contribution is -0.138. The lowest BCUT2D eigenvalue weighted by atomic mass is 9.86. The zero-order valence-corrected chi connectivity index (χ0v) is 24.1. The van der Waals surface area contributed by atoms with E-state index in [4.69, 9.17) is 4.74 Å². The Labute approximate surface area is 236 Å². The third-order valence-corrected chi connectivity index (χ3v) is 8.23. The molecule has 0 aromatic heterocycles. The number of aldehydes is 1. The fourth-order valence-corrected chi connectivity index (χ4v) is 5.94. The van der Waals surface area contributed by atoms with Crippen molar-refractivity contribution in [3.63, 3.8) is 0 Å². The maximum Gasteiger partial charge on any atom is 0.410 e. The van der Waals surface area contributed by atoms with Crippen molar-refractivity contribution in [1.29, 1.82) is 0 Å². The van der Waals surface area contributed by atoms with Gasteiger partial charge in [0.05, 0.1) is 6.04 Å². The first-order chi connectivity index (χ1) is 18.9. The lowest BCUT2D eigenvalue weighted by Gasteiger charge is -2.37. The molecule has 0 radical (unpaired) electrons. The van der Waals surface area contributed by atoms with Crippen molar-refractivity contribution in [3.05, 3.63) is 34.9 Å². The number of amides is 4. The number of piperidine rings is 3. The monoisotopic (exact) mass is 554 g/mol. The van der Waals surface area contributed by atoms with E-state index in [0.29, 0.717) is 64.0 Å². The van der Waals surface area contributed by atoms with Crippen molar-refractivity contribution in [2.45, 2.75) is 83.4 Å². The van der Waals surface area contributed by atoms with Crippen molar-refractivity contribution in [3.8, 4) is 0 Å². The summed E-state index contributed by atoms with van der Waals surface area (Å²) >= 11 is 0. The van der Waals surface area contributed by atoms with Gasteiger partial charge < -0.3 is 14.5 Å². The fraction of sp³-hybridized carbons (Fsp3) is 0.633. The topological polar surface area (TPSA) is 116 Å². The Morgan fingerprint density at radius 2 is 1.68 bits per heavy atom. The molecular weight excluding hydrogens is 512 g/mol. The van der Waals surface area contributed by atoms with Gasteiger partial charge in [0.2, 0.25) is 17.7 Å². The first-order valence-corrected chi connectivity index (χ1v) is 14.3. The van der Waals surface area contributed by atoms with Crippen LogP contribution in [0.3, 0.4) is 0 Å². The summed E-state index contributed by atoms with van der Waals surface area (Å²) < 4.78 is 5.47. The molecule has 3 saturated heterocycles. The van der Waals surface area contributed by atoms with Crippen LogP contribution in [-0.4, -0.2) is 89.7 Å². The number of imide groups is 1. The number of likely N-dealkylation sites (tertiary alicyclic amines) is 2. The number of hydrogen-bond acceptors (Lipinski definition) is 7. The SMILES string of the molecule is CN(Cc1cc(C2CCN(C(=O)C3CCN(C(=O)OC(C)(C)C)CC3)CC2)ccc1C=O)C1CCC(=O)NC1=O. The number of likely N-dealkylation sites (N-methyl/N-ethyl adjacent to an activating group) is 1. The summed E-state index contributed by atoms with van der Waals surface area (Å²) in [4.78, 5) is 66.7. The molecule has 0 aliphatic carbocycles. The molecule has 1 aromatic carbocycles. The van der Waals surface area contributed by atoms with Gasteiger partial charge in [0.25, 0.3) is 0 Å². The fourth-order valence-electron chi connectivity index (χ4n) is 5.94. The summed E-state index contributed by atoms with van der Waals surface area (Å²) in [6, 6.07) is 5.48. The molecule has 3 heterocycles. The summed E-state index contributed by atoms with van der Waals surface area (Å²) in [7, 11) is 1.84. The number of nitrogens with zero attached hydrogens (tertiary/aromatic N) is 3. The van der Waals surface area contributed by atoms with E-state index in [-0.39, 0.29) is 35.7 Å². The van der Waals surface area contributed by atoms with Gasteiger partial charge >= 0.3 is 6.09 Å². The predicted octanol–water partition coefficient (Wildman–Crippen LogP) is 3.09. The zero-order chi connectivity index (χ0) is 29.0. The van der Waals surface area contributed by atoms with Gasteiger partial charge in [-0.3, -0.25) is 29.4 Å². The highest BCUT2D eigenvalue weighted by atomic mass is 16.6. The van der Waals surface area contributed by atoms with Gasteiger partial charge in [-0.25, -0.2) is 4.79 Å². The number of carbonyl (C=O) groups is 5. The highest BCUT2D eigenvalue weighted by molar-refractivity contribution is 6.00. The molecular formula is C30H42N4O6. The highest BCUT2D eigenvalue weighted by Gasteiger charge is 2.34. The lowest BCUT2D eigenvalue weighted by Crippen LogP contribution is -2.51. The largest absolute Gasteiger partial charge is 0.444 e. The second-order valence-electron chi connectivity index (χ2n) is 12.3. The molecule has 10 heteroatoms. The summed E-state index contributed by atoms with van der Waals surface area (Å²) in [6.45, 7) is 8.38.